The molecule has 35 valence electrons. The molecule has 0 aliphatic rings. The second-order valence-corrected chi connectivity index (χ2v) is 4.39. The molecule has 1 aromatic heterocycles. The summed E-state index contributed by atoms with van der Waals surface area (Å²) in [6.45, 7) is 0. The number of rotatable bonds is 0. The van der Waals surface area contributed by atoms with E-state index in [9.17, 15) is 0 Å². The van der Waals surface area contributed by atoms with Crippen LogP contribution < -0.4 is 3.60 Å². The van der Waals surface area contributed by atoms with Crippen molar-refractivity contribution in [1.82, 2.24) is 4.98 Å². The van der Waals surface area contributed by atoms with Crippen molar-refractivity contribution < 1.29 is 18.3 Å². The minimum absolute atomic E-state index is 0. The zero-order chi connectivity index (χ0) is 4.41. The van der Waals surface area contributed by atoms with Crippen LogP contribution in [0.3, 0.4) is 0 Å². The van der Waals surface area contributed by atoms with Crippen LogP contribution in [0, 0.1) is 0 Å². The van der Waals surface area contributed by atoms with Gasteiger partial charge in [0.1, 0.15) is 0 Å². The van der Waals surface area contributed by atoms with Crippen molar-refractivity contribution in [1.29, 1.82) is 0 Å². The standard InChI is InChI=1S/C3H2NS.BrH.Zn/c1-2-5-3-4-1;;/h1-2H;1H;. The Kier molecular flexibility index (Phi) is 4.09. The first-order chi connectivity index (χ1) is 2.89. The summed E-state index contributed by atoms with van der Waals surface area (Å²) in [6.07, 6.45) is 1.84. The van der Waals surface area contributed by atoms with Crippen LogP contribution in [-0.4, -0.2) is 4.98 Å². The third-order valence-electron chi connectivity index (χ3n) is 0.483. The molecule has 1 aromatic rings. The Labute approximate surface area is 66.6 Å². The van der Waals surface area contributed by atoms with Gasteiger partial charge in [0.25, 0.3) is 0 Å². The molecule has 0 N–H and O–H groups in total. The van der Waals surface area contributed by atoms with Crippen molar-refractivity contribution in [2.24, 2.45) is 0 Å². The van der Waals surface area contributed by atoms with E-state index in [-0.39, 0.29) is 17.0 Å². The molecule has 7 heavy (non-hydrogen) atoms. The molecule has 0 bridgehead atoms. The second kappa shape index (κ2) is 3.70. The normalized spacial score (nSPS) is 7.71. The van der Waals surface area contributed by atoms with E-state index in [2.05, 4.69) is 4.98 Å². The maximum atomic E-state index is 3.99. The summed E-state index contributed by atoms with van der Waals surface area (Å²) in [4.78, 5) is 3.99. The molecule has 0 unspecified atom stereocenters. The van der Waals surface area contributed by atoms with Crippen molar-refractivity contribution in [2.45, 2.75) is 0 Å². The minimum atomic E-state index is 0. The Hall–Kier alpha value is 0.733. The third-order valence-corrected chi connectivity index (χ3v) is 2.55. The van der Waals surface area contributed by atoms with E-state index in [0.717, 1.165) is 0 Å². The molecule has 0 saturated carbocycles. The molecule has 1 nitrogen and oxygen atoms in total. The molecule has 0 amide bonds. The van der Waals surface area contributed by atoms with E-state index in [4.69, 9.17) is 0 Å². The van der Waals surface area contributed by atoms with Crippen LogP contribution in [0.15, 0.2) is 11.6 Å². The van der Waals surface area contributed by atoms with Crippen LogP contribution in [0.2, 0.25) is 0 Å². The number of hydrogen-bond acceptors (Lipinski definition) is 2. The fourth-order valence-electron chi connectivity index (χ4n) is 0.253. The van der Waals surface area contributed by atoms with Crippen LogP contribution in [-0.2, 0) is 18.3 Å². The van der Waals surface area contributed by atoms with Crippen molar-refractivity contribution in [3.8, 4) is 0 Å². The van der Waals surface area contributed by atoms with E-state index in [1.54, 1.807) is 11.3 Å². The van der Waals surface area contributed by atoms with Crippen LogP contribution in [0.1, 0.15) is 0 Å². The molecule has 0 spiro atoms. The second-order valence-electron chi connectivity index (χ2n) is 0.926. The molecule has 0 aromatic carbocycles. The van der Waals surface area contributed by atoms with E-state index in [1.165, 1.54) is 21.9 Å². The van der Waals surface area contributed by atoms with Crippen LogP contribution in [0.25, 0.3) is 0 Å². The molecule has 1 heterocycles. The average Bonchev–Trinajstić information content (AvgIpc) is 1.86. The van der Waals surface area contributed by atoms with Gasteiger partial charge in [-0.15, -0.1) is 17.0 Å². The van der Waals surface area contributed by atoms with E-state index >= 15 is 0 Å². The Balaban J connectivity index is 0.000000360. The summed E-state index contributed by atoms with van der Waals surface area (Å²) < 4.78 is 1.26. The molecule has 0 aliphatic heterocycles. The predicted octanol–water partition coefficient (Wildman–Crippen LogP) is 0.893. The van der Waals surface area contributed by atoms with Gasteiger partial charge < -0.3 is 0 Å². The Morgan fingerprint density at radius 3 is 2.57 bits per heavy atom. The zero-order valence-electron chi connectivity index (χ0n) is 3.63. The molecular formula is C3H3BrNSZn. The third kappa shape index (κ3) is 2.52. The summed E-state index contributed by atoms with van der Waals surface area (Å²) in [5, 5.41) is 2.00. The summed E-state index contributed by atoms with van der Waals surface area (Å²) in [7, 11) is 0. The monoisotopic (exact) mass is 228 g/mol. The average molecular weight is 230 g/mol. The van der Waals surface area contributed by atoms with Crippen molar-refractivity contribution >= 4 is 31.9 Å². The zero-order valence-corrected chi connectivity index (χ0v) is 9.12. The van der Waals surface area contributed by atoms with Crippen molar-refractivity contribution in [2.75, 3.05) is 0 Å². The van der Waals surface area contributed by atoms with Gasteiger partial charge >= 0.3 is 49.8 Å². The van der Waals surface area contributed by atoms with Gasteiger partial charge in [-0.05, 0) is 0 Å². The maximum absolute atomic E-state index is 3.99. The van der Waals surface area contributed by atoms with Gasteiger partial charge in [0.15, 0.2) is 0 Å². The molecular weight excluding hydrogens is 227 g/mol. The van der Waals surface area contributed by atoms with Crippen molar-refractivity contribution in [3.05, 3.63) is 11.6 Å². The van der Waals surface area contributed by atoms with E-state index in [0.29, 0.717) is 0 Å². The van der Waals surface area contributed by atoms with E-state index < -0.39 is 0 Å². The SMILES string of the molecule is Br.[Zn][c]1nccs1. The van der Waals surface area contributed by atoms with E-state index in [1.807, 2.05) is 11.6 Å². The predicted molar refractivity (Wildman–Crippen MR) is 32.1 cm³/mol. The number of hydrogen-bond donors (Lipinski definition) is 0. The first kappa shape index (κ1) is 7.73. The van der Waals surface area contributed by atoms with Crippen LogP contribution in [0.4, 0.5) is 0 Å². The number of aromatic nitrogens is 1. The van der Waals surface area contributed by atoms with Gasteiger partial charge in [-0.3, -0.25) is 0 Å². The fraction of sp³-hybridized carbons (Fsp3) is 0. The molecule has 0 radical (unpaired) electrons. The summed E-state index contributed by atoms with van der Waals surface area (Å²) in [5.41, 5.74) is 0. The van der Waals surface area contributed by atoms with Gasteiger partial charge in [-0.2, -0.15) is 0 Å². The van der Waals surface area contributed by atoms with Crippen molar-refractivity contribution in [3.63, 3.8) is 0 Å². The quantitative estimate of drug-likeness (QED) is 0.603. The fourth-order valence-corrected chi connectivity index (χ4v) is 1.48. The Bertz CT molecular complexity index is 118. The number of halogens is 1. The molecule has 0 atom stereocenters. The Morgan fingerprint density at radius 2 is 2.43 bits per heavy atom. The molecule has 4 heteroatoms. The molecule has 1 rings (SSSR count). The van der Waals surface area contributed by atoms with Gasteiger partial charge in [0.2, 0.25) is 0 Å². The van der Waals surface area contributed by atoms with Gasteiger partial charge in [0.05, 0.1) is 0 Å². The van der Waals surface area contributed by atoms with Gasteiger partial charge in [-0.1, -0.05) is 0 Å². The summed E-state index contributed by atoms with van der Waals surface area (Å²) in [5.74, 6) is 0. The summed E-state index contributed by atoms with van der Waals surface area (Å²) in [6, 6.07) is 0. The number of thiazole rings is 1. The van der Waals surface area contributed by atoms with Crippen LogP contribution in [0.5, 0.6) is 0 Å². The van der Waals surface area contributed by atoms with Gasteiger partial charge in [-0.25, -0.2) is 0 Å². The molecule has 0 saturated heterocycles. The summed E-state index contributed by atoms with van der Waals surface area (Å²) >= 11 is 2.91. The molecule has 0 aliphatic carbocycles. The number of nitrogens with zero attached hydrogens (tertiary/aromatic N) is 1. The first-order valence-corrected chi connectivity index (χ1v) is 3.97. The topological polar surface area (TPSA) is 12.9 Å². The van der Waals surface area contributed by atoms with Crippen LogP contribution >= 0.6 is 28.3 Å². The Morgan fingerprint density at radius 1 is 1.71 bits per heavy atom. The molecule has 0 fully saturated rings. The van der Waals surface area contributed by atoms with Gasteiger partial charge in [0, 0.05) is 0 Å². The first-order valence-electron chi connectivity index (χ1n) is 1.61.